The van der Waals surface area contributed by atoms with Crippen LogP contribution in [0, 0.1) is 6.92 Å². The molecule has 0 aliphatic rings. The molecule has 0 radical (unpaired) electrons. The van der Waals surface area contributed by atoms with Gasteiger partial charge in [0.25, 0.3) is 0 Å². The van der Waals surface area contributed by atoms with E-state index in [1.165, 1.54) is 11.1 Å². The zero-order valence-corrected chi connectivity index (χ0v) is 12.6. The average Bonchev–Trinajstić information content (AvgIpc) is 2.95. The number of fused-ring (bicyclic) bond motifs is 2. The Labute approximate surface area is 128 Å². The smallest absolute Gasteiger partial charge is 0.246 e. The summed E-state index contributed by atoms with van der Waals surface area (Å²) >= 11 is 0. The standard InChI is InChI=1S/C19H16N2O/c1-3-13-5-7-14(8-6-13)18-11-17-19(22-18)21-15-9-4-12(2)10-16(15)20-17/h4-11H,3H2,1-2H3. The van der Waals surface area contributed by atoms with Gasteiger partial charge in [0, 0.05) is 11.6 Å². The van der Waals surface area contributed by atoms with Gasteiger partial charge in [0.2, 0.25) is 5.71 Å². The van der Waals surface area contributed by atoms with Crippen molar-refractivity contribution in [1.82, 2.24) is 9.97 Å². The van der Waals surface area contributed by atoms with Crippen molar-refractivity contribution >= 4 is 22.3 Å². The third-order valence-electron chi connectivity index (χ3n) is 3.93. The summed E-state index contributed by atoms with van der Waals surface area (Å²) in [7, 11) is 0. The lowest BCUT2D eigenvalue weighted by molar-refractivity contribution is 0.619. The van der Waals surface area contributed by atoms with E-state index in [1.807, 2.05) is 24.3 Å². The van der Waals surface area contributed by atoms with E-state index in [9.17, 15) is 0 Å². The van der Waals surface area contributed by atoms with Crippen LogP contribution in [0.25, 0.3) is 33.6 Å². The van der Waals surface area contributed by atoms with Gasteiger partial charge in [-0.05, 0) is 36.6 Å². The summed E-state index contributed by atoms with van der Waals surface area (Å²) in [6.07, 6.45) is 1.04. The number of furan rings is 1. The number of rotatable bonds is 2. The summed E-state index contributed by atoms with van der Waals surface area (Å²) < 4.78 is 5.89. The third kappa shape index (κ3) is 2.15. The van der Waals surface area contributed by atoms with Crippen molar-refractivity contribution in [2.75, 3.05) is 0 Å². The molecule has 2 aromatic heterocycles. The molecule has 0 spiro atoms. The van der Waals surface area contributed by atoms with E-state index < -0.39 is 0 Å². The van der Waals surface area contributed by atoms with E-state index in [0.717, 1.165) is 34.3 Å². The van der Waals surface area contributed by atoms with Crippen LogP contribution in [0.1, 0.15) is 18.1 Å². The second kappa shape index (κ2) is 4.95. The van der Waals surface area contributed by atoms with Crippen LogP contribution in [-0.2, 0) is 6.42 Å². The van der Waals surface area contributed by atoms with Gasteiger partial charge in [-0.1, -0.05) is 37.3 Å². The minimum Gasteiger partial charge on any atom is -0.436 e. The summed E-state index contributed by atoms with van der Waals surface area (Å²) in [6, 6.07) is 16.5. The van der Waals surface area contributed by atoms with E-state index in [4.69, 9.17) is 4.42 Å². The molecule has 0 bridgehead atoms. The molecule has 4 aromatic rings. The molecule has 0 aliphatic heterocycles. The molecule has 0 amide bonds. The SMILES string of the molecule is CCc1ccc(-c2cc3nc4cc(C)ccc4nc3o2)cc1. The lowest BCUT2D eigenvalue weighted by Gasteiger charge is -1.98. The van der Waals surface area contributed by atoms with Crippen LogP contribution in [0.3, 0.4) is 0 Å². The van der Waals surface area contributed by atoms with Crippen molar-refractivity contribution in [3.8, 4) is 11.3 Å². The molecule has 0 atom stereocenters. The van der Waals surface area contributed by atoms with Crippen molar-refractivity contribution in [3.05, 3.63) is 59.7 Å². The fraction of sp³-hybridized carbons (Fsp3) is 0.158. The van der Waals surface area contributed by atoms with Gasteiger partial charge < -0.3 is 4.42 Å². The summed E-state index contributed by atoms with van der Waals surface area (Å²) in [4.78, 5) is 9.23. The van der Waals surface area contributed by atoms with Gasteiger partial charge in [0.05, 0.1) is 11.0 Å². The van der Waals surface area contributed by atoms with Crippen molar-refractivity contribution in [2.45, 2.75) is 20.3 Å². The second-order valence-corrected chi connectivity index (χ2v) is 5.57. The molecular formula is C19H16N2O. The first kappa shape index (κ1) is 13.0. The fourth-order valence-corrected chi connectivity index (χ4v) is 2.64. The van der Waals surface area contributed by atoms with Crippen molar-refractivity contribution in [3.63, 3.8) is 0 Å². The number of aryl methyl sites for hydroxylation is 2. The zero-order valence-electron chi connectivity index (χ0n) is 12.6. The van der Waals surface area contributed by atoms with Gasteiger partial charge in [-0.15, -0.1) is 0 Å². The Bertz CT molecular complexity index is 968. The van der Waals surface area contributed by atoms with Gasteiger partial charge in [0.15, 0.2) is 0 Å². The number of benzene rings is 2. The van der Waals surface area contributed by atoms with Crippen molar-refractivity contribution in [1.29, 1.82) is 0 Å². The Hall–Kier alpha value is -2.68. The molecule has 0 saturated carbocycles. The van der Waals surface area contributed by atoms with E-state index in [2.05, 4.69) is 48.1 Å². The normalized spacial score (nSPS) is 11.4. The third-order valence-corrected chi connectivity index (χ3v) is 3.93. The maximum Gasteiger partial charge on any atom is 0.246 e. The molecule has 0 unspecified atom stereocenters. The Kier molecular flexibility index (Phi) is 2.93. The van der Waals surface area contributed by atoms with Crippen LogP contribution < -0.4 is 0 Å². The molecule has 3 heteroatoms. The first-order chi connectivity index (χ1) is 10.7. The zero-order chi connectivity index (χ0) is 15.1. The summed E-state index contributed by atoms with van der Waals surface area (Å²) in [5, 5.41) is 0. The van der Waals surface area contributed by atoms with E-state index in [0.29, 0.717) is 5.71 Å². The quantitative estimate of drug-likeness (QED) is 0.526. The number of hydrogen-bond acceptors (Lipinski definition) is 3. The first-order valence-corrected chi connectivity index (χ1v) is 7.50. The fourth-order valence-electron chi connectivity index (χ4n) is 2.64. The van der Waals surface area contributed by atoms with Crippen LogP contribution in [0.5, 0.6) is 0 Å². The van der Waals surface area contributed by atoms with Crippen LogP contribution in [0.15, 0.2) is 52.9 Å². The maximum atomic E-state index is 5.89. The largest absolute Gasteiger partial charge is 0.436 e. The molecule has 0 fully saturated rings. The highest BCUT2D eigenvalue weighted by molar-refractivity contribution is 5.86. The number of aromatic nitrogens is 2. The van der Waals surface area contributed by atoms with Crippen molar-refractivity contribution in [2.24, 2.45) is 0 Å². The Morgan fingerprint density at radius 3 is 2.45 bits per heavy atom. The first-order valence-electron chi connectivity index (χ1n) is 7.50. The molecule has 4 rings (SSSR count). The average molecular weight is 288 g/mol. The predicted molar refractivity (Wildman–Crippen MR) is 88.9 cm³/mol. The van der Waals surface area contributed by atoms with Gasteiger partial charge >= 0.3 is 0 Å². The molecule has 0 aliphatic carbocycles. The summed E-state index contributed by atoms with van der Waals surface area (Å²) in [5.41, 5.74) is 6.70. The minimum atomic E-state index is 0.589. The number of nitrogens with zero attached hydrogens (tertiary/aromatic N) is 2. The molecule has 3 nitrogen and oxygen atoms in total. The second-order valence-electron chi connectivity index (χ2n) is 5.57. The molecule has 2 heterocycles. The Balaban J connectivity index is 1.86. The highest BCUT2D eigenvalue weighted by atomic mass is 16.3. The molecule has 108 valence electrons. The van der Waals surface area contributed by atoms with Gasteiger partial charge in [-0.3, -0.25) is 0 Å². The highest BCUT2D eigenvalue weighted by Crippen LogP contribution is 2.27. The highest BCUT2D eigenvalue weighted by Gasteiger charge is 2.10. The van der Waals surface area contributed by atoms with Gasteiger partial charge in [-0.2, -0.15) is 0 Å². The molecule has 2 aromatic carbocycles. The maximum absolute atomic E-state index is 5.89. The predicted octanol–water partition coefficient (Wildman–Crippen LogP) is 4.91. The van der Waals surface area contributed by atoms with Gasteiger partial charge in [0.1, 0.15) is 11.3 Å². The van der Waals surface area contributed by atoms with Crippen molar-refractivity contribution < 1.29 is 4.42 Å². The lowest BCUT2D eigenvalue weighted by Crippen LogP contribution is -1.84. The lowest BCUT2D eigenvalue weighted by atomic mass is 10.1. The molecule has 0 N–H and O–H groups in total. The Morgan fingerprint density at radius 1 is 0.864 bits per heavy atom. The van der Waals surface area contributed by atoms with Crippen LogP contribution in [0.2, 0.25) is 0 Å². The summed E-state index contributed by atoms with van der Waals surface area (Å²) in [5.74, 6) is 0.810. The van der Waals surface area contributed by atoms with Crippen LogP contribution in [0.4, 0.5) is 0 Å². The molecular weight excluding hydrogens is 272 g/mol. The van der Waals surface area contributed by atoms with E-state index >= 15 is 0 Å². The van der Waals surface area contributed by atoms with Crippen LogP contribution in [-0.4, -0.2) is 9.97 Å². The van der Waals surface area contributed by atoms with Crippen LogP contribution >= 0.6 is 0 Å². The minimum absolute atomic E-state index is 0.589. The van der Waals surface area contributed by atoms with E-state index in [-0.39, 0.29) is 0 Å². The molecule has 0 saturated heterocycles. The number of hydrogen-bond donors (Lipinski definition) is 0. The summed E-state index contributed by atoms with van der Waals surface area (Å²) in [6.45, 7) is 4.21. The molecule has 22 heavy (non-hydrogen) atoms. The van der Waals surface area contributed by atoms with Gasteiger partial charge in [-0.25, -0.2) is 9.97 Å². The Morgan fingerprint density at radius 2 is 1.68 bits per heavy atom. The monoisotopic (exact) mass is 288 g/mol. The van der Waals surface area contributed by atoms with E-state index in [1.54, 1.807) is 0 Å². The topological polar surface area (TPSA) is 38.9 Å².